The second kappa shape index (κ2) is 40.3. The molecule has 0 aromatic heterocycles. The van der Waals surface area contributed by atoms with Crippen LogP contribution in [0.5, 0.6) is 0 Å². The Hall–Kier alpha value is -6.13. The van der Waals surface area contributed by atoms with Gasteiger partial charge in [-0.25, -0.2) is 13.2 Å². The van der Waals surface area contributed by atoms with Gasteiger partial charge in [-0.1, -0.05) is 98.8 Å². The normalized spacial score (nSPS) is 15.9. The highest BCUT2D eigenvalue weighted by atomic mass is 32.2. The van der Waals surface area contributed by atoms with Crippen molar-refractivity contribution in [3.63, 3.8) is 0 Å². The number of nitrogens with zero attached hydrogens (tertiary/aromatic N) is 3. The first kappa shape index (κ1) is 74.3. The number of hydroxylamine groups is 2. The minimum absolute atomic E-state index is 0.0500. The predicted octanol–water partition coefficient (Wildman–Crippen LogP) is 8.24. The lowest BCUT2D eigenvalue weighted by molar-refractivity contribution is -0.438. The molecule has 0 radical (unpaired) electrons. The van der Waals surface area contributed by atoms with Crippen LogP contribution in [0.3, 0.4) is 0 Å². The van der Waals surface area contributed by atoms with Gasteiger partial charge in [-0.2, -0.15) is 4.58 Å². The highest BCUT2D eigenvalue weighted by Crippen LogP contribution is 2.51. The van der Waals surface area contributed by atoms with Gasteiger partial charge in [0.25, 0.3) is 11.8 Å². The van der Waals surface area contributed by atoms with E-state index in [1.807, 2.05) is 18.2 Å². The first-order valence-corrected chi connectivity index (χ1v) is 33.9. The van der Waals surface area contributed by atoms with E-state index in [-0.39, 0.29) is 49.1 Å². The molecule has 3 aliphatic rings. The van der Waals surface area contributed by atoms with Gasteiger partial charge in [0.05, 0.1) is 181 Å². The molecule has 4 aromatic carbocycles. The Kier molecular flexibility index (Phi) is 32.2. The van der Waals surface area contributed by atoms with E-state index in [0.29, 0.717) is 176 Å². The van der Waals surface area contributed by atoms with Crippen molar-refractivity contribution in [1.29, 1.82) is 0 Å². The summed E-state index contributed by atoms with van der Waals surface area (Å²) in [6, 6.07) is 25.7. The number of hydrogen-bond acceptors (Lipinski definition) is 20. The molecule has 1 fully saturated rings. The largest absolute Gasteiger partial charge is 0.748 e. The maximum Gasteiger partial charge on any atom is 0.335 e. The monoisotopic (exact) mass is 1310 g/mol. The van der Waals surface area contributed by atoms with Crippen LogP contribution in [0.2, 0.25) is 0 Å². The van der Waals surface area contributed by atoms with Gasteiger partial charge in [0, 0.05) is 66.1 Å². The van der Waals surface area contributed by atoms with Crippen LogP contribution in [-0.2, 0) is 97.0 Å². The molecule has 93 heavy (non-hydrogen) atoms. The summed E-state index contributed by atoms with van der Waals surface area (Å²) >= 11 is 0. The molecule has 0 saturated carbocycles. The quantitative estimate of drug-likeness (QED) is 0.0133. The van der Waals surface area contributed by atoms with Crippen LogP contribution in [0.4, 0.5) is 11.4 Å². The Labute approximate surface area is 547 Å². The summed E-state index contributed by atoms with van der Waals surface area (Å²) in [5.74, 6) is -2.10. The summed E-state index contributed by atoms with van der Waals surface area (Å²) in [5, 5.41) is 5.34. The molecule has 23 heteroatoms. The number of allylic oxidation sites excluding steroid dienone is 8. The Balaban J connectivity index is 0.665. The van der Waals surface area contributed by atoms with Crippen LogP contribution in [0.25, 0.3) is 21.5 Å². The number of carbonyl (C=O) groups is 3. The number of unbranched alkanes of at least 4 members (excludes halogenated alkanes) is 1. The maximum atomic E-state index is 11.7. The van der Waals surface area contributed by atoms with Crippen molar-refractivity contribution < 1.29 is 93.6 Å². The molecule has 0 atom stereocenters. The molecule has 3 aliphatic heterocycles. The third kappa shape index (κ3) is 24.2. The number of carbonyl (C=O) groups excluding carboxylic acids is 3. The van der Waals surface area contributed by atoms with E-state index >= 15 is 0 Å². The van der Waals surface area contributed by atoms with Crippen molar-refractivity contribution in [3.05, 3.63) is 132 Å². The van der Waals surface area contributed by atoms with Crippen LogP contribution < -0.4 is 4.90 Å². The van der Waals surface area contributed by atoms with E-state index in [1.54, 1.807) is 0 Å². The highest BCUT2D eigenvalue weighted by Gasteiger charge is 2.45. The number of fused-ring (bicyclic) bond motifs is 6. The van der Waals surface area contributed by atoms with Gasteiger partial charge in [-0.15, -0.1) is 5.06 Å². The van der Waals surface area contributed by atoms with E-state index in [9.17, 15) is 27.4 Å². The molecule has 0 unspecified atom stereocenters. The summed E-state index contributed by atoms with van der Waals surface area (Å²) in [7, 11) is -4.27. The lowest BCUT2D eigenvalue weighted by Crippen LogP contribution is -2.32. The molecule has 510 valence electrons. The topological polar surface area (TPSA) is 238 Å². The highest BCUT2D eigenvalue weighted by molar-refractivity contribution is 7.85. The number of ether oxygens (including phenoxy) is 12. The Bertz CT molecular complexity index is 3240. The summed E-state index contributed by atoms with van der Waals surface area (Å²) in [6.07, 6.45) is 15.5. The van der Waals surface area contributed by atoms with Gasteiger partial charge in [0.15, 0.2) is 5.71 Å². The zero-order valence-electron chi connectivity index (χ0n) is 54.6. The number of hydrogen-bond donors (Lipinski definition) is 0. The number of anilines is 1. The van der Waals surface area contributed by atoms with Gasteiger partial charge in [0.2, 0.25) is 5.69 Å². The van der Waals surface area contributed by atoms with Crippen LogP contribution in [0, 0.1) is 0 Å². The van der Waals surface area contributed by atoms with Crippen LogP contribution >= 0.6 is 0 Å². The Morgan fingerprint density at radius 3 is 1.41 bits per heavy atom. The fourth-order valence-corrected chi connectivity index (χ4v) is 11.8. The molecule has 4 aromatic rings. The van der Waals surface area contributed by atoms with Crippen molar-refractivity contribution >= 4 is 66.5 Å². The summed E-state index contributed by atoms with van der Waals surface area (Å²) in [4.78, 5) is 41.8. The molecule has 0 bridgehead atoms. The lowest BCUT2D eigenvalue weighted by Gasteiger charge is -2.27. The van der Waals surface area contributed by atoms with Crippen molar-refractivity contribution in [2.45, 2.75) is 70.6 Å². The number of imide groups is 1. The molecular formula is C70H95N3O19S. The third-order valence-electron chi connectivity index (χ3n) is 15.7. The third-order valence-corrected chi connectivity index (χ3v) is 16.5. The Morgan fingerprint density at radius 1 is 0.505 bits per heavy atom. The summed E-state index contributed by atoms with van der Waals surface area (Å²) in [5.41, 5.74) is 6.54. The van der Waals surface area contributed by atoms with Gasteiger partial charge in [-0.05, 0) is 65.6 Å². The number of rotatable bonds is 49. The zero-order valence-corrected chi connectivity index (χ0v) is 55.4. The first-order chi connectivity index (χ1) is 45.2. The zero-order chi connectivity index (χ0) is 66.0. The van der Waals surface area contributed by atoms with Gasteiger partial charge in [-0.3, -0.25) is 9.59 Å². The Morgan fingerprint density at radius 2 is 0.925 bits per heavy atom. The van der Waals surface area contributed by atoms with Crippen molar-refractivity contribution in [2.75, 3.05) is 182 Å². The minimum Gasteiger partial charge on any atom is -0.748 e. The molecule has 2 amide bonds. The predicted molar refractivity (Wildman–Crippen MR) is 352 cm³/mol. The van der Waals surface area contributed by atoms with Crippen LogP contribution in [-0.4, -0.2) is 224 Å². The van der Waals surface area contributed by atoms with E-state index in [1.165, 1.54) is 44.1 Å². The second-order valence-electron chi connectivity index (χ2n) is 23.1. The molecule has 22 nitrogen and oxygen atoms in total. The standard InChI is InChI=1S/C70H95N3O19S/c1-69(2)62(71(29-14-15-55-93(77,78)79)60-24-22-56-16-10-12-18-58(56)67(60)69)20-8-6-5-7-9-21-63-70(3,4)68-59-19-13-11-17-57(59)23-25-61(68)72(63)30-32-81-34-36-83-38-40-85-42-44-87-46-48-89-50-52-91-54-53-90-51-49-88-47-45-86-43-41-84-39-37-82-35-33-80-31-28-66(76)92-73-64(74)26-27-65(73)75/h5-13,16-25H,14-15,26-55H2,1-4H3. The summed E-state index contributed by atoms with van der Waals surface area (Å²) < 4.78 is 104. The SMILES string of the molecule is CC1(C)C(/C=C/C=C/C=C/C=C2\N(CCOCCOCCOCCOCCOCCOCCOCCOCCOCCOCCOCCOCCC(=O)ON3C(=O)CCC3=O)c3ccc4ccccc4c3C2(C)C)=[N+](CCCCS(=O)(=O)[O-])c2ccc3ccccc3c21. The molecule has 0 aliphatic carbocycles. The van der Waals surface area contributed by atoms with Crippen LogP contribution in [0.15, 0.2) is 121 Å². The molecular weight excluding hydrogens is 1220 g/mol. The molecule has 0 spiro atoms. The minimum atomic E-state index is -4.27. The number of benzene rings is 4. The van der Waals surface area contributed by atoms with E-state index < -0.39 is 27.9 Å². The summed E-state index contributed by atoms with van der Waals surface area (Å²) in [6.45, 7) is 20.4. The maximum absolute atomic E-state index is 11.7. The fraction of sp³-hybridized carbons (Fsp3) is 0.543. The van der Waals surface area contributed by atoms with Crippen molar-refractivity contribution in [2.24, 2.45) is 0 Å². The lowest BCUT2D eigenvalue weighted by atomic mass is 9.79. The van der Waals surface area contributed by atoms with Gasteiger partial charge < -0.3 is 71.1 Å². The van der Waals surface area contributed by atoms with Crippen molar-refractivity contribution in [3.8, 4) is 0 Å². The van der Waals surface area contributed by atoms with Gasteiger partial charge >= 0.3 is 5.97 Å². The smallest absolute Gasteiger partial charge is 0.335 e. The van der Waals surface area contributed by atoms with E-state index in [4.69, 9.17) is 61.7 Å². The fourth-order valence-electron chi connectivity index (χ4n) is 11.2. The first-order valence-electron chi connectivity index (χ1n) is 32.3. The average molecular weight is 1310 g/mol. The van der Waals surface area contributed by atoms with E-state index in [2.05, 4.69) is 134 Å². The average Bonchev–Trinajstić information content (AvgIpc) is 1.59. The van der Waals surface area contributed by atoms with Crippen molar-refractivity contribution in [1.82, 2.24) is 5.06 Å². The molecule has 0 N–H and O–H groups in total. The van der Waals surface area contributed by atoms with Gasteiger partial charge in [0.1, 0.15) is 6.54 Å². The molecule has 7 rings (SSSR count). The number of amides is 2. The molecule has 1 saturated heterocycles. The van der Waals surface area contributed by atoms with E-state index in [0.717, 1.165) is 11.4 Å². The molecule has 3 heterocycles. The van der Waals surface area contributed by atoms with Crippen LogP contribution in [0.1, 0.15) is 70.9 Å². The second-order valence-corrected chi connectivity index (χ2v) is 24.6.